The molecule has 0 aliphatic heterocycles. The summed E-state index contributed by atoms with van der Waals surface area (Å²) >= 11 is 0. The van der Waals surface area contributed by atoms with Gasteiger partial charge in [-0.15, -0.1) is 0 Å². The highest BCUT2D eigenvalue weighted by Gasteiger charge is 2.26. The molecule has 0 radical (unpaired) electrons. The number of H-pyrrole nitrogens is 1. The number of hydrogen-bond acceptors (Lipinski definition) is 2. The van der Waals surface area contributed by atoms with Gasteiger partial charge in [-0.05, 0) is 43.2 Å². The van der Waals surface area contributed by atoms with Crippen LogP contribution in [-0.2, 0) is 16.0 Å². The summed E-state index contributed by atoms with van der Waals surface area (Å²) in [7, 11) is 0. The van der Waals surface area contributed by atoms with Gasteiger partial charge in [0.1, 0.15) is 0 Å². The molecule has 3 heteroatoms. The molecule has 0 bridgehead atoms. The molecule has 136 valence electrons. The Morgan fingerprint density at radius 1 is 1.16 bits per heavy atom. The van der Waals surface area contributed by atoms with Crippen LogP contribution in [0, 0.1) is 0 Å². The normalized spacial score (nSPS) is 16.8. The molecule has 1 atom stereocenters. The van der Waals surface area contributed by atoms with E-state index in [1.165, 1.54) is 54.3 Å². The van der Waals surface area contributed by atoms with Crippen LogP contribution in [0.3, 0.4) is 0 Å². The minimum atomic E-state index is -0.0308. The maximum Gasteiger partial charge on any atom is 0.306 e. The molecule has 0 fully saturated rings. The van der Waals surface area contributed by atoms with Gasteiger partial charge >= 0.3 is 5.97 Å². The molecule has 0 saturated carbocycles. The molecule has 3 nitrogen and oxygen atoms in total. The van der Waals surface area contributed by atoms with Gasteiger partial charge in [0.15, 0.2) is 0 Å². The number of unbranched alkanes of at least 4 members (excludes halogenated alkanes) is 5. The number of carbonyl (C=O) groups excluding carboxylic acids is 1. The van der Waals surface area contributed by atoms with Crippen molar-refractivity contribution in [2.24, 2.45) is 0 Å². The monoisotopic (exact) mass is 341 g/mol. The van der Waals surface area contributed by atoms with Gasteiger partial charge in [-0.2, -0.15) is 0 Å². The summed E-state index contributed by atoms with van der Waals surface area (Å²) in [4.78, 5) is 15.8. The molecule has 0 saturated heterocycles. The first kappa shape index (κ1) is 18.0. The molecule has 0 amide bonds. The number of fused-ring (bicyclic) bond motifs is 3. The van der Waals surface area contributed by atoms with E-state index >= 15 is 0 Å². The van der Waals surface area contributed by atoms with E-state index in [9.17, 15) is 4.79 Å². The van der Waals surface area contributed by atoms with Crippen molar-refractivity contribution in [2.75, 3.05) is 6.61 Å². The third kappa shape index (κ3) is 4.65. The largest absolute Gasteiger partial charge is 0.466 e. The minimum Gasteiger partial charge on any atom is -0.466 e. The number of carbonyl (C=O) groups is 1. The number of aromatic nitrogens is 1. The highest BCUT2D eigenvalue weighted by atomic mass is 16.5. The first-order chi connectivity index (χ1) is 12.3. The van der Waals surface area contributed by atoms with Crippen molar-refractivity contribution in [3.8, 4) is 0 Å². The van der Waals surface area contributed by atoms with E-state index < -0.39 is 0 Å². The molecule has 2 aromatic rings. The number of nitrogens with one attached hydrogen (secondary N) is 1. The molecule has 0 spiro atoms. The fourth-order valence-corrected chi connectivity index (χ4v) is 4.09. The fraction of sp³-hybridized carbons (Fsp3) is 0.591. The van der Waals surface area contributed by atoms with Crippen molar-refractivity contribution in [3.63, 3.8) is 0 Å². The van der Waals surface area contributed by atoms with E-state index in [1.54, 1.807) is 0 Å². The lowest BCUT2D eigenvalue weighted by atomic mass is 9.83. The van der Waals surface area contributed by atoms with Gasteiger partial charge in [0.05, 0.1) is 13.0 Å². The van der Waals surface area contributed by atoms with Gasteiger partial charge in [0.2, 0.25) is 0 Å². The van der Waals surface area contributed by atoms with E-state index in [1.807, 2.05) is 0 Å². The molecule has 1 aliphatic carbocycles. The van der Waals surface area contributed by atoms with Crippen LogP contribution in [0.4, 0.5) is 0 Å². The van der Waals surface area contributed by atoms with Crippen molar-refractivity contribution in [2.45, 2.75) is 77.0 Å². The summed E-state index contributed by atoms with van der Waals surface area (Å²) in [6, 6.07) is 8.44. The van der Waals surface area contributed by atoms with Crippen LogP contribution >= 0.6 is 0 Å². The van der Waals surface area contributed by atoms with Gasteiger partial charge < -0.3 is 9.72 Å². The van der Waals surface area contributed by atoms with Gasteiger partial charge in [0.25, 0.3) is 0 Å². The van der Waals surface area contributed by atoms with E-state index in [2.05, 4.69) is 36.2 Å². The van der Waals surface area contributed by atoms with Gasteiger partial charge in [-0.25, -0.2) is 0 Å². The molecule has 1 aromatic carbocycles. The Kier molecular flexibility index (Phi) is 6.55. The van der Waals surface area contributed by atoms with Crippen LogP contribution < -0.4 is 0 Å². The third-order valence-electron chi connectivity index (χ3n) is 5.39. The quantitative estimate of drug-likeness (QED) is 0.457. The molecular formula is C22H31NO2. The van der Waals surface area contributed by atoms with Crippen LogP contribution in [-0.4, -0.2) is 17.6 Å². The lowest BCUT2D eigenvalue weighted by Crippen LogP contribution is -2.15. The summed E-state index contributed by atoms with van der Waals surface area (Å²) < 4.78 is 5.51. The number of para-hydroxylation sites is 1. The standard InChI is InChI=1S/C22H31NO2/c1-2-3-4-5-6-9-15-25-21(24)16-17-11-10-14-20-22(17)18-12-7-8-13-19(18)23-20/h7-8,12-13,17,23H,2-6,9-11,14-16H2,1H3. The lowest BCUT2D eigenvalue weighted by Gasteiger charge is -2.22. The number of rotatable bonds is 9. The maximum atomic E-state index is 12.3. The van der Waals surface area contributed by atoms with E-state index in [0.717, 1.165) is 25.7 Å². The van der Waals surface area contributed by atoms with E-state index in [4.69, 9.17) is 4.74 Å². The molecule has 1 heterocycles. The summed E-state index contributed by atoms with van der Waals surface area (Å²) in [6.45, 7) is 2.81. The summed E-state index contributed by atoms with van der Waals surface area (Å²) in [5, 5.41) is 1.28. The van der Waals surface area contributed by atoms with Crippen molar-refractivity contribution in [1.29, 1.82) is 0 Å². The summed E-state index contributed by atoms with van der Waals surface area (Å²) in [5.74, 6) is 0.272. The zero-order valence-electron chi connectivity index (χ0n) is 15.5. The molecule has 1 N–H and O–H groups in total. The zero-order valence-corrected chi connectivity index (χ0v) is 15.5. The van der Waals surface area contributed by atoms with Crippen LogP contribution in [0.15, 0.2) is 24.3 Å². The number of ether oxygens (including phenoxy) is 1. The highest BCUT2D eigenvalue weighted by Crippen LogP contribution is 2.39. The number of hydrogen-bond donors (Lipinski definition) is 1. The average Bonchev–Trinajstić information content (AvgIpc) is 3.00. The Bertz CT molecular complexity index is 688. The number of benzene rings is 1. The first-order valence-electron chi connectivity index (χ1n) is 10.0. The van der Waals surface area contributed by atoms with Gasteiger partial charge in [0, 0.05) is 16.6 Å². The van der Waals surface area contributed by atoms with Gasteiger partial charge in [-0.3, -0.25) is 4.79 Å². The number of aromatic amines is 1. The Morgan fingerprint density at radius 2 is 1.96 bits per heavy atom. The summed E-state index contributed by atoms with van der Waals surface area (Å²) in [5.41, 5.74) is 3.87. The zero-order chi connectivity index (χ0) is 17.5. The van der Waals surface area contributed by atoms with Crippen LogP contribution in [0.2, 0.25) is 0 Å². The van der Waals surface area contributed by atoms with Crippen LogP contribution in [0.25, 0.3) is 10.9 Å². The molecule has 1 aromatic heterocycles. The minimum absolute atomic E-state index is 0.0308. The average molecular weight is 341 g/mol. The van der Waals surface area contributed by atoms with Crippen molar-refractivity contribution in [3.05, 3.63) is 35.5 Å². The molecule has 1 aliphatic rings. The molecule has 3 rings (SSSR count). The molecular weight excluding hydrogens is 310 g/mol. The first-order valence-corrected chi connectivity index (χ1v) is 10.0. The number of aryl methyl sites for hydroxylation is 1. The Hall–Kier alpha value is -1.77. The smallest absolute Gasteiger partial charge is 0.306 e. The lowest BCUT2D eigenvalue weighted by molar-refractivity contribution is -0.144. The van der Waals surface area contributed by atoms with Crippen molar-refractivity contribution >= 4 is 16.9 Å². The van der Waals surface area contributed by atoms with E-state index in [0.29, 0.717) is 18.9 Å². The third-order valence-corrected chi connectivity index (χ3v) is 5.39. The predicted molar refractivity (Wildman–Crippen MR) is 103 cm³/mol. The van der Waals surface area contributed by atoms with Crippen LogP contribution in [0.5, 0.6) is 0 Å². The Balaban J connectivity index is 1.50. The van der Waals surface area contributed by atoms with Gasteiger partial charge in [-0.1, -0.05) is 57.2 Å². The second-order valence-corrected chi connectivity index (χ2v) is 7.34. The van der Waals surface area contributed by atoms with Crippen LogP contribution in [0.1, 0.15) is 81.9 Å². The topological polar surface area (TPSA) is 42.1 Å². The highest BCUT2D eigenvalue weighted by molar-refractivity contribution is 5.86. The van der Waals surface area contributed by atoms with Crippen molar-refractivity contribution in [1.82, 2.24) is 4.98 Å². The molecule has 1 unspecified atom stereocenters. The number of esters is 1. The second-order valence-electron chi connectivity index (χ2n) is 7.34. The molecule has 25 heavy (non-hydrogen) atoms. The van der Waals surface area contributed by atoms with E-state index in [-0.39, 0.29) is 5.97 Å². The second kappa shape index (κ2) is 9.07. The maximum absolute atomic E-state index is 12.3. The Labute approximate surface area is 151 Å². The Morgan fingerprint density at radius 3 is 2.84 bits per heavy atom. The SMILES string of the molecule is CCCCCCCCOC(=O)CC1CCCc2[nH]c3ccccc3c21. The van der Waals surface area contributed by atoms with Crippen molar-refractivity contribution < 1.29 is 9.53 Å². The fourth-order valence-electron chi connectivity index (χ4n) is 4.09. The summed E-state index contributed by atoms with van der Waals surface area (Å²) in [6.07, 6.45) is 11.2. The predicted octanol–water partition coefficient (Wildman–Crippen LogP) is 5.88.